The SMILES string of the molecule is CCn1cc(C(=O)O)c(=O)c2cc(F)c(C3=C(NOC(C)(C)C)CCC3)c(F)c21. The van der Waals surface area contributed by atoms with Crippen LogP contribution >= 0.6 is 0 Å². The molecule has 0 bridgehead atoms. The van der Waals surface area contributed by atoms with Crippen molar-refractivity contribution in [2.24, 2.45) is 0 Å². The van der Waals surface area contributed by atoms with Crippen molar-refractivity contribution in [3.05, 3.63) is 50.9 Å². The molecule has 1 heterocycles. The fraction of sp³-hybridized carbons (Fsp3) is 0.429. The number of carboxylic acid groups (broad SMARTS) is 1. The van der Waals surface area contributed by atoms with Crippen LogP contribution in [0, 0.1) is 11.6 Å². The average Bonchev–Trinajstić information content (AvgIpc) is 3.08. The maximum atomic E-state index is 15.5. The van der Waals surface area contributed by atoms with E-state index in [1.54, 1.807) is 6.92 Å². The summed E-state index contributed by atoms with van der Waals surface area (Å²) >= 11 is 0. The molecule has 1 aliphatic rings. The molecule has 6 nitrogen and oxygen atoms in total. The number of fused-ring (bicyclic) bond motifs is 1. The zero-order valence-electron chi connectivity index (χ0n) is 16.9. The van der Waals surface area contributed by atoms with Gasteiger partial charge in [0.1, 0.15) is 11.4 Å². The van der Waals surface area contributed by atoms with E-state index >= 15 is 4.39 Å². The van der Waals surface area contributed by atoms with Gasteiger partial charge in [-0.1, -0.05) is 0 Å². The van der Waals surface area contributed by atoms with Crippen LogP contribution in [0.1, 0.15) is 62.9 Å². The molecule has 0 fully saturated rings. The van der Waals surface area contributed by atoms with E-state index in [2.05, 4.69) is 5.48 Å². The number of nitrogens with one attached hydrogen (secondary N) is 1. The number of hydrogen-bond acceptors (Lipinski definition) is 4. The summed E-state index contributed by atoms with van der Waals surface area (Å²) in [6.07, 6.45) is 2.85. The molecule has 8 heteroatoms. The molecule has 0 radical (unpaired) electrons. The molecule has 0 atom stereocenters. The summed E-state index contributed by atoms with van der Waals surface area (Å²) in [6.45, 7) is 7.47. The van der Waals surface area contributed by atoms with E-state index in [0.29, 0.717) is 30.5 Å². The quantitative estimate of drug-likeness (QED) is 0.727. The average molecular weight is 406 g/mol. The van der Waals surface area contributed by atoms with Crippen LogP contribution in [0.4, 0.5) is 8.78 Å². The van der Waals surface area contributed by atoms with Gasteiger partial charge in [0.05, 0.1) is 22.1 Å². The second kappa shape index (κ2) is 7.59. The second-order valence-corrected chi connectivity index (χ2v) is 8.03. The third kappa shape index (κ3) is 3.89. The minimum atomic E-state index is -1.44. The number of carboxylic acids is 1. The van der Waals surface area contributed by atoms with Crippen LogP contribution in [0.2, 0.25) is 0 Å². The third-order valence-electron chi connectivity index (χ3n) is 4.82. The molecule has 0 aliphatic heterocycles. The van der Waals surface area contributed by atoms with Crippen molar-refractivity contribution in [3.63, 3.8) is 0 Å². The minimum Gasteiger partial charge on any atom is -0.477 e. The molecular formula is C21H24F2N2O4. The van der Waals surface area contributed by atoms with E-state index in [1.165, 1.54) is 4.57 Å². The summed E-state index contributed by atoms with van der Waals surface area (Å²) in [5.41, 5.74) is 1.67. The van der Waals surface area contributed by atoms with Gasteiger partial charge in [0.2, 0.25) is 5.43 Å². The number of aryl methyl sites for hydroxylation is 1. The van der Waals surface area contributed by atoms with Crippen LogP contribution in [-0.4, -0.2) is 21.2 Å². The Balaban J connectivity index is 2.26. The monoisotopic (exact) mass is 406 g/mol. The van der Waals surface area contributed by atoms with E-state index < -0.39 is 34.2 Å². The van der Waals surface area contributed by atoms with Crippen LogP contribution < -0.4 is 10.9 Å². The summed E-state index contributed by atoms with van der Waals surface area (Å²) in [4.78, 5) is 29.4. The molecular weight excluding hydrogens is 382 g/mol. The summed E-state index contributed by atoms with van der Waals surface area (Å²) in [6, 6.07) is 0.933. The molecule has 29 heavy (non-hydrogen) atoms. The van der Waals surface area contributed by atoms with Gasteiger partial charge in [-0.15, -0.1) is 0 Å². The maximum Gasteiger partial charge on any atom is 0.341 e. The Kier molecular flexibility index (Phi) is 5.49. The van der Waals surface area contributed by atoms with Crippen molar-refractivity contribution < 1.29 is 23.5 Å². The van der Waals surface area contributed by atoms with Crippen LogP contribution in [0.15, 0.2) is 22.8 Å². The van der Waals surface area contributed by atoms with Gasteiger partial charge in [-0.3, -0.25) is 15.1 Å². The van der Waals surface area contributed by atoms with Crippen molar-refractivity contribution in [3.8, 4) is 0 Å². The molecule has 2 aromatic rings. The summed E-state index contributed by atoms with van der Waals surface area (Å²) < 4.78 is 31.9. The molecule has 0 unspecified atom stereocenters. The van der Waals surface area contributed by atoms with Crippen molar-refractivity contribution in [1.82, 2.24) is 10.0 Å². The molecule has 1 aliphatic carbocycles. The standard InChI is InChI=1S/C21H24F2N2O4/c1-5-25-10-13(20(27)28)19(26)12-9-14(22)16(17(23)18(12)25)11-7-6-8-15(11)24-29-21(2,3)4/h9-10,24H,5-8H2,1-4H3,(H,27,28). The van der Waals surface area contributed by atoms with Crippen LogP contribution in [0.3, 0.4) is 0 Å². The van der Waals surface area contributed by atoms with Gasteiger partial charge < -0.3 is 9.67 Å². The zero-order valence-corrected chi connectivity index (χ0v) is 16.9. The number of hydroxylamine groups is 1. The van der Waals surface area contributed by atoms with Gasteiger partial charge in [-0.05, 0) is 58.6 Å². The first-order valence-electron chi connectivity index (χ1n) is 9.50. The van der Waals surface area contributed by atoms with Crippen molar-refractivity contribution in [2.45, 2.75) is 59.1 Å². The Bertz CT molecular complexity index is 1080. The molecule has 0 spiro atoms. The highest BCUT2D eigenvalue weighted by molar-refractivity contribution is 5.94. The van der Waals surface area contributed by atoms with Gasteiger partial charge in [-0.2, -0.15) is 0 Å². The molecule has 0 saturated heterocycles. The molecule has 3 rings (SSSR count). The highest BCUT2D eigenvalue weighted by Gasteiger charge is 2.27. The fourth-order valence-electron chi connectivity index (χ4n) is 3.51. The Labute approximate surface area is 166 Å². The zero-order chi connectivity index (χ0) is 21.5. The molecule has 0 amide bonds. The molecule has 0 saturated carbocycles. The van der Waals surface area contributed by atoms with E-state index in [9.17, 15) is 19.1 Å². The third-order valence-corrected chi connectivity index (χ3v) is 4.82. The smallest absolute Gasteiger partial charge is 0.341 e. The number of nitrogens with zero attached hydrogens (tertiary/aromatic N) is 1. The number of allylic oxidation sites excluding steroid dienone is 2. The van der Waals surface area contributed by atoms with Crippen molar-refractivity contribution in [1.29, 1.82) is 0 Å². The van der Waals surface area contributed by atoms with Crippen LogP contribution in [-0.2, 0) is 11.4 Å². The lowest BCUT2D eigenvalue weighted by Gasteiger charge is -2.22. The predicted octanol–water partition coefficient (Wildman–Crippen LogP) is 4.21. The fourth-order valence-corrected chi connectivity index (χ4v) is 3.51. The summed E-state index contributed by atoms with van der Waals surface area (Å²) in [5, 5.41) is 8.95. The van der Waals surface area contributed by atoms with E-state index in [4.69, 9.17) is 4.84 Å². The predicted molar refractivity (Wildman–Crippen MR) is 106 cm³/mol. The van der Waals surface area contributed by atoms with Crippen molar-refractivity contribution in [2.75, 3.05) is 0 Å². The van der Waals surface area contributed by atoms with E-state index in [1.807, 2.05) is 20.8 Å². The first kappa shape index (κ1) is 21.0. The van der Waals surface area contributed by atoms with Gasteiger partial charge in [0.15, 0.2) is 5.82 Å². The number of rotatable bonds is 5. The number of benzene rings is 1. The highest BCUT2D eigenvalue weighted by atomic mass is 19.1. The Morgan fingerprint density at radius 2 is 2.00 bits per heavy atom. The number of hydrogen-bond donors (Lipinski definition) is 2. The normalized spacial score (nSPS) is 14.7. The van der Waals surface area contributed by atoms with E-state index in [-0.39, 0.29) is 23.0 Å². The largest absolute Gasteiger partial charge is 0.477 e. The Morgan fingerprint density at radius 3 is 2.59 bits per heavy atom. The van der Waals surface area contributed by atoms with Crippen LogP contribution in [0.25, 0.3) is 16.5 Å². The minimum absolute atomic E-state index is 0.102. The Morgan fingerprint density at radius 1 is 1.31 bits per heavy atom. The van der Waals surface area contributed by atoms with Gasteiger partial charge in [-0.25, -0.2) is 13.6 Å². The summed E-state index contributed by atoms with van der Waals surface area (Å²) in [5.74, 6) is -3.21. The topological polar surface area (TPSA) is 80.6 Å². The Hall–Kier alpha value is -2.74. The molecule has 1 aromatic heterocycles. The molecule has 1 aromatic carbocycles. The highest BCUT2D eigenvalue weighted by Crippen LogP contribution is 2.37. The number of pyridine rings is 1. The molecule has 2 N–H and O–H groups in total. The van der Waals surface area contributed by atoms with Crippen LogP contribution in [0.5, 0.6) is 0 Å². The lowest BCUT2D eigenvalue weighted by molar-refractivity contribution is -0.0583. The first-order valence-corrected chi connectivity index (χ1v) is 9.50. The number of halogens is 2. The maximum absolute atomic E-state index is 15.5. The van der Waals surface area contributed by atoms with Gasteiger partial charge >= 0.3 is 5.97 Å². The number of carbonyl (C=O) groups is 1. The van der Waals surface area contributed by atoms with Gasteiger partial charge in [0, 0.05) is 18.4 Å². The lowest BCUT2D eigenvalue weighted by atomic mass is 9.99. The summed E-state index contributed by atoms with van der Waals surface area (Å²) in [7, 11) is 0. The van der Waals surface area contributed by atoms with Gasteiger partial charge in [0.25, 0.3) is 0 Å². The van der Waals surface area contributed by atoms with E-state index in [0.717, 1.165) is 12.3 Å². The lowest BCUT2D eigenvalue weighted by Crippen LogP contribution is -2.28. The first-order chi connectivity index (χ1) is 13.5. The number of aromatic nitrogens is 1. The van der Waals surface area contributed by atoms with Crippen molar-refractivity contribution >= 4 is 22.4 Å². The number of aromatic carboxylic acids is 1. The second-order valence-electron chi connectivity index (χ2n) is 8.03. The molecule has 156 valence electrons.